The molecule has 0 aliphatic carbocycles. The molecule has 1 N–H and O–H groups in total. The van der Waals surface area contributed by atoms with Crippen molar-refractivity contribution < 1.29 is 14.6 Å². The van der Waals surface area contributed by atoms with Gasteiger partial charge in [-0.15, -0.1) is 0 Å². The van der Waals surface area contributed by atoms with Crippen molar-refractivity contribution in [1.82, 2.24) is 0 Å². The molecule has 14 heavy (non-hydrogen) atoms. The highest BCUT2D eigenvalue weighted by Gasteiger charge is 2.40. The number of aliphatic hydroxyl groups is 1. The summed E-state index contributed by atoms with van der Waals surface area (Å²) in [5.74, 6) is -0.431. The zero-order valence-electron chi connectivity index (χ0n) is 9.45. The number of ether oxygens (including phenoxy) is 2. The minimum atomic E-state index is -0.431. The summed E-state index contributed by atoms with van der Waals surface area (Å²) in [5.41, 5.74) is 0. The van der Waals surface area contributed by atoms with Gasteiger partial charge in [-0.25, -0.2) is 0 Å². The van der Waals surface area contributed by atoms with E-state index in [9.17, 15) is 5.11 Å². The second-order valence-corrected chi connectivity index (χ2v) is 3.94. The first-order chi connectivity index (χ1) is 6.67. The normalized spacial score (nSPS) is 27.9. The van der Waals surface area contributed by atoms with Crippen LogP contribution in [0.3, 0.4) is 0 Å². The van der Waals surface area contributed by atoms with E-state index in [2.05, 4.69) is 20.8 Å². The highest BCUT2D eigenvalue weighted by molar-refractivity contribution is 4.81. The van der Waals surface area contributed by atoms with Crippen molar-refractivity contribution in [1.29, 1.82) is 0 Å². The number of rotatable bonds is 5. The van der Waals surface area contributed by atoms with E-state index in [4.69, 9.17) is 9.47 Å². The Bertz CT molecular complexity index is 166. The number of hydrogen-bond donors (Lipinski definition) is 1. The summed E-state index contributed by atoms with van der Waals surface area (Å²) in [7, 11) is 0. The molecule has 1 heterocycles. The van der Waals surface area contributed by atoms with Crippen molar-refractivity contribution in [2.75, 3.05) is 6.61 Å². The summed E-state index contributed by atoms with van der Waals surface area (Å²) in [6.07, 6.45) is 2.96. The Labute approximate surface area is 86.4 Å². The monoisotopic (exact) mass is 202 g/mol. The Balaban J connectivity index is 2.46. The minimum Gasteiger partial charge on any atom is -0.390 e. The first-order valence-electron chi connectivity index (χ1n) is 5.67. The Morgan fingerprint density at radius 1 is 1.36 bits per heavy atom. The van der Waals surface area contributed by atoms with E-state index in [1.54, 1.807) is 0 Å². The van der Waals surface area contributed by atoms with Gasteiger partial charge in [0.15, 0.2) is 5.79 Å². The lowest BCUT2D eigenvalue weighted by atomic mass is 10.1. The third-order valence-electron chi connectivity index (χ3n) is 2.97. The van der Waals surface area contributed by atoms with Crippen molar-refractivity contribution in [2.24, 2.45) is 0 Å². The van der Waals surface area contributed by atoms with E-state index in [1.807, 2.05) is 0 Å². The maximum atomic E-state index is 9.77. The van der Waals surface area contributed by atoms with Gasteiger partial charge in [0, 0.05) is 0 Å². The van der Waals surface area contributed by atoms with Gasteiger partial charge in [-0.1, -0.05) is 27.2 Å². The number of hydrogen-bond acceptors (Lipinski definition) is 3. The van der Waals surface area contributed by atoms with Gasteiger partial charge in [0.05, 0.1) is 12.7 Å². The van der Waals surface area contributed by atoms with Crippen LogP contribution in [0, 0.1) is 0 Å². The van der Waals surface area contributed by atoms with Crippen molar-refractivity contribution in [3.63, 3.8) is 0 Å². The first-order valence-corrected chi connectivity index (χ1v) is 5.67. The van der Waals surface area contributed by atoms with Gasteiger partial charge in [-0.05, 0) is 19.3 Å². The Morgan fingerprint density at radius 3 is 2.43 bits per heavy atom. The quantitative estimate of drug-likeness (QED) is 0.741. The van der Waals surface area contributed by atoms with E-state index < -0.39 is 5.79 Å². The summed E-state index contributed by atoms with van der Waals surface area (Å²) < 4.78 is 11.4. The third-order valence-corrected chi connectivity index (χ3v) is 2.97. The molecule has 0 unspecified atom stereocenters. The molecule has 1 saturated heterocycles. The molecule has 1 rings (SSSR count). The van der Waals surface area contributed by atoms with Crippen LogP contribution >= 0.6 is 0 Å². The van der Waals surface area contributed by atoms with Crippen molar-refractivity contribution >= 4 is 0 Å². The molecule has 3 heteroatoms. The molecule has 0 aromatic heterocycles. The zero-order chi connectivity index (χ0) is 10.6. The van der Waals surface area contributed by atoms with Crippen molar-refractivity contribution in [3.8, 4) is 0 Å². The maximum absolute atomic E-state index is 9.77. The lowest BCUT2D eigenvalue weighted by molar-refractivity contribution is -0.181. The standard InChI is InChI=1S/C11H22O3/c1-4-7-9(12)10-8-13-11(5-2,6-3)14-10/h9-10,12H,4-8H2,1-3H3/t9-,10+/m1/s1. The predicted octanol–water partition coefficient (Wildman–Crippen LogP) is 2.08. The average molecular weight is 202 g/mol. The lowest BCUT2D eigenvalue weighted by Crippen LogP contribution is -2.33. The minimum absolute atomic E-state index is 0.130. The average Bonchev–Trinajstić information content (AvgIpc) is 2.63. The fraction of sp³-hybridized carbons (Fsp3) is 1.00. The highest BCUT2D eigenvalue weighted by Crippen LogP contribution is 2.31. The van der Waals surface area contributed by atoms with E-state index in [0.717, 1.165) is 25.7 Å². The molecule has 1 fully saturated rings. The van der Waals surface area contributed by atoms with Gasteiger partial charge in [0.25, 0.3) is 0 Å². The van der Waals surface area contributed by atoms with E-state index in [-0.39, 0.29) is 12.2 Å². The smallest absolute Gasteiger partial charge is 0.168 e. The molecule has 0 aromatic rings. The molecular formula is C11H22O3. The molecule has 84 valence electrons. The summed E-state index contributed by atoms with van der Waals surface area (Å²) in [6.45, 7) is 6.70. The van der Waals surface area contributed by atoms with Crippen LogP contribution in [0.15, 0.2) is 0 Å². The van der Waals surface area contributed by atoms with Crippen LogP contribution < -0.4 is 0 Å². The lowest BCUT2D eigenvalue weighted by Gasteiger charge is -2.26. The SMILES string of the molecule is CCC[C@@H](O)[C@@H]1COC(CC)(CC)O1. The second kappa shape index (κ2) is 5.10. The van der Waals surface area contributed by atoms with Crippen molar-refractivity contribution in [3.05, 3.63) is 0 Å². The number of aliphatic hydroxyl groups excluding tert-OH is 1. The molecule has 1 aliphatic rings. The Morgan fingerprint density at radius 2 is 2.00 bits per heavy atom. The summed E-state index contributed by atoms with van der Waals surface area (Å²) in [6, 6.07) is 0. The summed E-state index contributed by atoms with van der Waals surface area (Å²) in [5, 5.41) is 9.77. The first kappa shape index (κ1) is 12.0. The molecule has 0 bridgehead atoms. The van der Waals surface area contributed by atoms with Crippen LogP contribution in [-0.2, 0) is 9.47 Å². The van der Waals surface area contributed by atoms with Crippen LogP contribution in [0.1, 0.15) is 46.5 Å². The molecule has 0 radical (unpaired) electrons. The van der Waals surface area contributed by atoms with Crippen LogP contribution in [-0.4, -0.2) is 29.7 Å². The fourth-order valence-electron chi connectivity index (χ4n) is 1.87. The van der Waals surface area contributed by atoms with E-state index >= 15 is 0 Å². The van der Waals surface area contributed by atoms with Gasteiger partial charge in [0.2, 0.25) is 0 Å². The second-order valence-electron chi connectivity index (χ2n) is 3.94. The molecule has 0 spiro atoms. The predicted molar refractivity (Wildman–Crippen MR) is 55.1 cm³/mol. The molecule has 0 saturated carbocycles. The van der Waals surface area contributed by atoms with Crippen LogP contribution in [0.25, 0.3) is 0 Å². The molecule has 0 amide bonds. The Hall–Kier alpha value is -0.120. The Kier molecular flexibility index (Phi) is 4.35. The maximum Gasteiger partial charge on any atom is 0.168 e. The van der Waals surface area contributed by atoms with Crippen LogP contribution in [0.4, 0.5) is 0 Å². The fourth-order valence-corrected chi connectivity index (χ4v) is 1.87. The summed E-state index contributed by atoms with van der Waals surface area (Å²) >= 11 is 0. The van der Waals surface area contributed by atoms with Crippen LogP contribution in [0.5, 0.6) is 0 Å². The molecule has 1 aliphatic heterocycles. The van der Waals surface area contributed by atoms with Gasteiger partial charge in [0.1, 0.15) is 6.10 Å². The highest BCUT2D eigenvalue weighted by atomic mass is 16.7. The molecule has 3 nitrogen and oxygen atoms in total. The van der Waals surface area contributed by atoms with Crippen LogP contribution in [0.2, 0.25) is 0 Å². The van der Waals surface area contributed by atoms with Gasteiger partial charge < -0.3 is 14.6 Å². The van der Waals surface area contributed by atoms with Gasteiger partial charge in [-0.2, -0.15) is 0 Å². The molecular weight excluding hydrogens is 180 g/mol. The summed E-state index contributed by atoms with van der Waals surface area (Å²) in [4.78, 5) is 0. The molecule has 2 atom stereocenters. The van der Waals surface area contributed by atoms with Gasteiger partial charge >= 0.3 is 0 Å². The largest absolute Gasteiger partial charge is 0.390 e. The zero-order valence-corrected chi connectivity index (χ0v) is 9.45. The topological polar surface area (TPSA) is 38.7 Å². The van der Waals surface area contributed by atoms with Crippen molar-refractivity contribution in [2.45, 2.75) is 64.4 Å². The molecule has 0 aromatic carbocycles. The van der Waals surface area contributed by atoms with Gasteiger partial charge in [-0.3, -0.25) is 0 Å². The van der Waals surface area contributed by atoms with E-state index in [0.29, 0.717) is 6.61 Å². The third kappa shape index (κ3) is 2.47. The van der Waals surface area contributed by atoms with E-state index in [1.165, 1.54) is 0 Å².